The number of rotatable bonds is 8. The molecule has 10 heteroatoms. The number of amides is 3. The van der Waals surface area contributed by atoms with Crippen molar-refractivity contribution in [1.82, 2.24) is 20.3 Å². The Morgan fingerprint density at radius 3 is 2.36 bits per heavy atom. The summed E-state index contributed by atoms with van der Waals surface area (Å²) in [6, 6.07) is 6.17. The van der Waals surface area contributed by atoms with Gasteiger partial charge in [-0.05, 0) is 101 Å². The number of nitrogens with zero attached hydrogens (tertiary/aromatic N) is 3. The van der Waals surface area contributed by atoms with Crippen LogP contribution in [0.4, 0.5) is 4.39 Å². The monoisotopic (exact) mass is 539 g/mol. The first-order chi connectivity index (χ1) is 18.8. The number of benzene rings is 1. The number of hydrogen-bond donors (Lipinski definition) is 2. The Bertz CT molecular complexity index is 1170. The second-order valence-electron chi connectivity index (χ2n) is 11.3. The fraction of sp³-hybridized carbons (Fsp3) is 0.586. The SMILES string of the molecule is Cc1cc(C(=O)N(C2CC2)C2CCN(C(=O)c3ccc(F)cc3)[C@@H](C(=O)NCC3CCC(CN)CC3)C2)no1. The predicted octanol–water partition coefficient (Wildman–Crippen LogP) is 3.28. The quantitative estimate of drug-likeness (QED) is 0.531. The van der Waals surface area contributed by atoms with Crippen LogP contribution in [0.15, 0.2) is 34.9 Å². The number of nitrogens with one attached hydrogen (secondary N) is 1. The standard InChI is InChI=1S/C29H38FN5O4/c1-18-14-25(33-39-18)29(38)35(23-10-11-23)24-12-13-34(28(37)21-6-8-22(30)9-7-21)26(15-24)27(36)32-17-20-4-2-19(16-31)3-5-20/h6-9,14,19-20,23-24,26H,2-5,10-13,15-17,31H2,1H3,(H,32,36)/t19?,20?,24?,26-/m1/s1. The molecule has 2 aromatic rings. The van der Waals surface area contributed by atoms with E-state index in [1.54, 1.807) is 17.9 Å². The molecule has 0 radical (unpaired) electrons. The van der Waals surface area contributed by atoms with Crippen molar-refractivity contribution in [2.75, 3.05) is 19.6 Å². The van der Waals surface area contributed by atoms with E-state index in [-0.39, 0.29) is 35.5 Å². The van der Waals surface area contributed by atoms with Gasteiger partial charge in [0.15, 0.2) is 5.69 Å². The molecule has 0 bridgehead atoms. The van der Waals surface area contributed by atoms with Gasteiger partial charge in [0.2, 0.25) is 5.91 Å². The molecule has 5 rings (SSSR count). The maximum absolute atomic E-state index is 13.6. The summed E-state index contributed by atoms with van der Waals surface area (Å²) in [4.78, 5) is 44.0. The fourth-order valence-electron chi connectivity index (χ4n) is 6.07. The van der Waals surface area contributed by atoms with E-state index in [4.69, 9.17) is 10.3 Å². The van der Waals surface area contributed by atoms with Crippen molar-refractivity contribution >= 4 is 17.7 Å². The lowest BCUT2D eigenvalue weighted by Gasteiger charge is -2.43. The Labute approximate surface area is 228 Å². The van der Waals surface area contributed by atoms with E-state index in [2.05, 4.69) is 10.5 Å². The average Bonchev–Trinajstić information content (AvgIpc) is 3.69. The molecule has 2 aliphatic carbocycles. The first-order valence-electron chi connectivity index (χ1n) is 14.1. The van der Waals surface area contributed by atoms with E-state index < -0.39 is 11.9 Å². The summed E-state index contributed by atoms with van der Waals surface area (Å²) in [5, 5.41) is 7.04. The molecule has 2 atom stereocenters. The van der Waals surface area contributed by atoms with Gasteiger partial charge in [-0.15, -0.1) is 0 Å². The molecule has 39 heavy (non-hydrogen) atoms. The van der Waals surface area contributed by atoms with Crippen LogP contribution in [0.1, 0.15) is 78.0 Å². The van der Waals surface area contributed by atoms with E-state index in [1.807, 2.05) is 4.90 Å². The van der Waals surface area contributed by atoms with Gasteiger partial charge in [0.05, 0.1) is 0 Å². The summed E-state index contributed by atoms with van der Waals surface area (Å²) in [6.45, 7) is 3.31. The maximum atomic E-state index is 13.6. The minimum absolute atomic E-state index is 0.0975. The van der Waals surface area contributed by atoms with Crippen LogP contribution < -0.4 is 11.1 Å². The molecular weight excluding hydrogens is 501 g/mol. The van der Waals surface area contributed by atoms with Crippen molar-refractivity contribution < 1.29 is 23.3 Å². The Balaban J connectivity index is 1.33. The Hall–Kier alpha value is -3.27. The molecule has 3 fully saturated rings. The zero-order chi connectivity index (χ0) is 27.5. The van der Waals surface area contributed by atoms with E-state index in [9.17, 15) is 18.8 Å². The third kappa shape index (κ3) is 6.32. The molecular formula is C29H38FN5O4. The molecule has 0 spiro atoms. The van der Waals surface area contributed by atoms with Gasteiger partial charge in [0, 0.05) is 36.8 Å². The van der Waals surface area contributed by atoms with Crippen LogP contribution >= 0.6 is 0 Å². The number of likely N-dealkylation sites (tertiary alicyclic amines) is 1. The molecule has 2 heterocycles. The summed E-state index contributed by atoms with van der Waals surface area (Å²) < 4.78 is 18.7. The van der Waals surface area contributed by atoms with E-state index in [1.165, 1.54) is 24.3 Å². The largest absolute Gasteiger partial charge is 0.361 e. The lowest BCUT2D eigenvalue weighted by molar-refractivity contribution is -0.127. The topological polar surface area (TPSA) is 122 Å². The van der Waals surface area contributed by atoms with Crippen molar-refractivity contribution in [1.29, 1.82) is 0 Å². The third-order valence-corrected chi connectivity index (χ3v) is 8.51. The minimum Gasteiger partial charge on any atom is -0.361 e. The van der Waals surface area contributed by atoms with Crippen molar-refractivity contribution in [3.05, 3.63) is 53.2 Å². The molecule has 1 saturated heterocycles. The molecule has 1 aromatic heterocycles. The first-order valence-corrected chi connectivity index (χ1v) is 14.1. The first kappa shape index (κ1) is 27.3. The molecule has 1 unspecified atom stereocenters. The van der Waals surface area contributed by atoms with Crippen LogP contribution in [0, 0.1) is 24.6 Å². The van der Waals surface area contributed by atoms with Crippen molar-refractivity contribution in [2.24, 2.45) is 17.6 Å². The van der Waals surface area contributed by atoms with Gasteiger partial charge < -0.3 is 25.4 Å². The Morgan fingerprint density at radius 2 is 1.74 bits per heavy atom. The van der Waals surface area contributed by atoms with Crippen molar-refractivity contribution in [3.8, 4) is 0 Å². The molecule has 3 aliphatic rings. The third-order valence-electron chi connectivity index (χ3n) is 8.51. The van der Waals surface area contributed by atoms with Gasteiger partial charge in [-0.3, -0.25) is 14.4 Å². The van der Waals surface area contributed by atoms with Gasteiger partial charge >= 0.3 is 0 Å². The zero-order valence-corrected chi connectivity index (χ0v) is 22.5. The Morgan fingerprint density at radius 1 is 1.05 bits per heavy atom. The van der Waals surface area contributed by atoms with Crippen LogP contribution in [-0.4, -0.2) is 70.4 Å². The van der Waals surface area contributed by atoms with Crippen LogP contribution in [0.5, 0.6) is 0 Å². The van der Waals surface area contributed by atoms with Gasteiger partial charge in [0.25, 0.3) is 11.8 Å². The highest BCUT2D eigenvalue weighted by Gasteiger charge is 2.44. The van der Waals surface area contributed by atoms with Crippen LogP contribution in [-0.2, 0) is 4.79 Å². The fourth-order valence-corrected chi connectivity index (χ4v) is 6.07. The smallest absolute Gasteiger partial charge is 0.276 e. The summed E-state index contributed by atoms with van der Waals surface area (Å²) >= 11 is 0. The number of aryl methyl sites for hydroxylation is 1. The van der Waals surface area contributed by atoms with E-state index in [0.29, 0.717) is 55.6 Å². The van der Waals surface area contributed by atoms with Crippen LogP contribution in [0.25, 0.3) is 0 Å². The average molecular weight is 540 g/mol. The van der Waals surface area contributed by atoms with Crippen molar-refractivity contribution in [2.45, 2.75) is 76.4 Å². The lowest BCUT2D eigenvalue weighted by atomic mass is 9.82. The predicted molar refractivity (Wildman–Crippen MR) is 142 cm³/mol. The highest BCUT2D eigenvalue weighted by Crippen LogP contribution is 2.35. The molecule has 2 saturated carbocycles. The second kappa shape index (κ2) is 11.9. The van der Waals surface area contributed by atoms with E-state index in [0.717, 1.165) is 38.5 Å². The van der Waals surface area contributed by atoms with Crippen LogP contribution in [0.3, 0.4) is 0 Å². The van der Waals surface area contributed by atoms with Gasteiger partial charge in [0.1, 0.15) is 17.6 Å². The lowest BCUT2D eigenvalue weighted by Crippen LogP contribution is -2.58. The van der Waals surface area contributed by atoms with Crippen LogP contribution in [0.2, 0.25) is 0 Å². The van der Waals surface area contributed by atoms with Crippen molar-refractivity contribution in [3.63, 3.8) is 0 Å². The summed E-state index contributed by atoms with van der Waals surface area (Å²) in [5.74, 6) is 0.354. The van der Waals surface area contributed by atoms with Gasteiger partial charge in [-0.25, -0.2) is 4.39 Å². The maximum Gasteiger partial charge on any atom is 0.276 e. The van der Waals surface area contributed by atoms with E-state index >= 15 is 0 Å². The molecule has 3 amide bonds. The molecule has 9 nitrogen and oxygen atoms in total. The van der Waals surface area contributed by atoms with Gasteiger partial charge in [-0.1, -0.05) is 5.16 Å². The molecule has 210 valence electrons. The molecule has 1 aromatic carbocycles. The van der Waals surface area contributed by atoms with Gasteiger partial charge in [-0.2, -0.15) is 0 Å². The number of carbonyl (C=O) groups is 3. The summed E-state index contributed by atoms with van der Waals surface area (Å²) in [6.07, 6.45) is 6.86. The normalized spacial score (nSPS) is 25.3. The molecule has 3 N–H and O–H groups in total. The number of halogens is 1. The highest BCUT2D eigenvalue weighted by atomic mass is 19.1. The molecule has 1 aliphatic heterocycles. The second-order valence-corrected chi connectivity index (χ2v) is 11.3. The highest BCUT2D eigenvalue weighted by molar-refractivity contribution is 5.98. The Kier molecular flexibility index (Phi) is 8.30. The number of piperidine rings is 1. The minimum atomic E-state index is -0.741. The number of carbonyl (C=O) groups excluding carboxylic acids is 3. The zero-order valence-electron chi connectivity index (χ0n) is 22.5. The summed E-state index contributed by atoms with van der Waals surface area (Å²) in [7, 11) is 0. The number of hydrogen-bond acceptors (Lipinski definition) is 6. The number of nitrogens with two attached hydrogens (primary N) is 1. The summed E-state index contributed by atoms with van der Waals surface area (Å²) in [5.41, 5.74) is 6.42. The number of aromatic nitrogens is 1.